The van der Waals surface area contributed by atoms with Crippen LogP contribution in [0.3, 0.4) is 0 Å². The first kappa shape index (κ1) is 68.2. The van der Waals surface area contributed by atoms with Gasteiger partial charge in [-0.25, -0.2) is 4.79 Å². The quantitative estimate of drug-likeness (QED) is 0.0228. The van der Waals surface area contributed by atoms with Gasteiger partial charge in [-0.2, -0.15) is 0 Å². The summed E-state index contributed by atoms with van der Waals surface area (Å²) in [6.07, 6.45) is 44.4. The van der Waals surface area contributed by atoms with E-state index in [-0.39, 0.29) is 25.9 Å². The Morgan fingerprint density at radius 1 is 0.438 bits per heavy atom. The van der Waals surface area contributed by atoms with Crippen LogP contribution < -0.4 is 0 Å². The molecule has 3 N–H and O–H groups in total. The zero-order valence-corrected chi connectivity index (χ0v) is 46.9. The highest BCUT2D eigenvalue weighted by Gasteiger charge is 2.50. The smallest absolute Gasteiger partial charge is 0.335 e. The molecule has 6 atom stereocenters. The molecule has 0 aromatic rings. The Bertz CT molecular complexity index is 1370. The second-order valence-corrected chi connectivity index (χ2v) is 21.0. The molecule has 12 heteroatoms. The Kier molecular flexibility index (Phi) is 46.8. The lowest BCUT2D eigenvalue weighted by Crippen LogP contribution is -2.61. The van der Waals surface area contributed by atoms with E-state index in [4.69, 9.17) is 23.7 Å². The van der Waals surface area contributed by atoms with E-state index < -0.39 is 67.3 Å². The second kappa shape index (κ2) is 50.0. The Hall–Kier alpha value is -2.80. The molecule has 1 saturated heterocycles. The van der Waals surface area contributed by atoms with Gasteiger partial charge in [0.1, 0.15) is 18.8 Å². The molecule has 426 valence electrons. The molecule has 1 fully saturated rings. The molecule has 0 aromatic carbocycles. The molecule has 1 rings (SSSR count). The molecule has 1 aliphatic rings. The summed E-state index contributed by atoms with van der Waals surface area (Å²) >= 11 is 0. The number of hydrogen-bond donors (Lipinski definition) is 3. The van der Waals surface area contributed by atoms with Gasteiger partial charge in [0.25, 0.3) is 0 Å². The van der Waals surface area contributed by atoms with E-state index in [1.54, 1.807) is 0 Å². The molecule has 0 saturated carbocycles. The maximum Gasteiger partial charge on any atom is 0.335 e. The topological polar surface area (TPSA) is 175 Å². The number of carboxylic acid groups (broad SMARTS) is 1. The van der Waals surface area contributed by atoms with Crippen molar-refractivity contribution in [2.24, 2.45) is 0 Å². The normalized spacial score (nSPS) is 18.4. The first-order valence-electron chi connectivity index (χ1n) is 30.3. The number of aliphatic hydroxyl groups excluding tert-OH is 2. The number of rotatable bonds is 52. The third-order valence-corrected chi connectivity index (χ3v) is 14.0. The number of aliphatic carboxylic acids is 1. The van der Waals surface area contributed by atoms with Crippen molar-refractivity contribution in [3.8, 4) is 0 Å². The lowest BCUT2D eigenvalue weighted by Gasteiger charge is -2.40. The number of carboxylic acids is 1. The number of aliphatic hydroxyl groups is 2. The van der Waals surface area contributed by atoms with Gasteiger partial charge < -0.3 is 39.0 Å². The van der Waals surface area contributed by atoms with E-state index in [2.05, 4.69) is 45.1 Å². The highest BCUT2D eigenvalue weighted by Crippen LogP contribution is 2.27. The highest BCUT2D eigenvalue weighted by atomic mass is 16.7. The molecule has 1 heterocycles. The molecule has 0 amide bonds. The maximum atomic E-state index is 13.1. The molecule has 12 nitrogen and oxygen atoms in total. The highest BCUT2D eigenvalue weighted by molar-refractivity contribution is 5.74. The van der Waals surface area contributed by atoms with E-state index in [1.165, 1.54) is 141 Å². The summed E-state index contributed by atoms with van der Waals surface area (Å²) in [6, 6.07) is 0. The first-order valence-corrected chi connectivity index (χ1v) is 30.3. The van der Waals surface area contributed by atoms with Crippen molar-refractivity contribution in [1.29, 1.82) is 0 Å². The van der Waals surface area contributed by atoms with E-state index in [0.29, 0.717) is 19.3 Å². The molecule has 0 radical (unpaired) electrons. The van der Waals surface area contributed by atoms with Crippen LogP contribution in [0.2, 0.25) is 0 Å². The van der Waals surface area contributed by atoms with Gasteiger partial charge in [-0.05, 0) is 64.2 Å². The van der Waals surface area contributed by atoms with Crippen molar-refractivity contribution >= 4 is 23.9 Å². The third-order valence-electron chi connectivity index (χ3n) is 14.0. The van der Waals surface area contributed by atoms with Crippen LogP contribution in [0.1, 0.15) is 290 Å². The van der Waals surface area contributed by atoms with Gasteiger partial charge in [-0.3, -0.25) is 14.4 Å². The summed E-state index contributed by atoms with van der Waals surface area (Å²) in [5.41, 5.74) is 0. The van der Waals surface area contributed by atoms with Gasteiger partial charge in [0.05, 0.1) is 6.61 Å². The van der Waals surface area contributed by atoms with Crippen LogP contribution in [0, 0.1) is 0 Å². The van der Waals surface area contributed by atoms with Gasteiger partial charge >= 0.3 is 23.9 Å². The molecule has 0 aliphatic carbocycles. The van der Waals surface area contributed by atoms with E-state index in [9.17, 15) is 34.5 Å². The zero-order chi connectivity index (χ0) is 53.3. The molecule has 73 heavy (non-hydrogen) atoms. The fraction of sp³-hybridized carbons (Fsp3) is 0.869. The fourth-order valence-corrected chi connectivity index (χ4v) is 9.29. The molecule has 0 bridgehead atoms. The minimum absolute atomic E-state index is 0.0618. The molecular formula is C61H110O12. The standard InChI is InChI=1S/C61H110O12/c1-4-7-10-13-16-19-22-24-25-26-27-28-29-31-34-37-40-43-46-49-55(64)72-59-57(66)56(65)58(60(67)68)73-61(59)70-51-52(71-54(63)48-45-42-39-36-32-21-18-15-12-9-6-3)50-69-53(62)47-44-41-38-35-33-30-23-20-17-14-11-8-5-2/h15,18,24-25,52,56-59,61,65-66H,4-14,16-17,19-23,26-51H2,1-3H3,(H,67,68)/b18-15-,25-24-. The summed E-state index contributed by atoms with van der Waals surface area (Å²) in [7, 11) is 0. The number of ether oxygens (including phenoxy) is 5. The zero-order valence-electron chi connectivity index (χ0n) is 46.9. The van der Waals surface area contributed by atoms with Crippen molar-refractivity contribution in [1.82, 2.24) is 0 Å². The van der Waals surface area contributed by atoms with Crippen molar-refractivity contribution in [3.63, 3.8) is 0 Å². The lowest BCUT2D eigenvalue weighted by molar-refractivity contribution is -0.301. The number of carbonyl (C=O) groups is 4. The van der Waals surface area contributed by atoms with Crippen LogP contribution in [0.5, 0.6) is 0 Å². The number of unbranched alkanes of at least 4 members (excludes halogenated alkanes) is 34. The molecule has 1 aliphatic heterocycles. The summed E-state index contributed by atoms with van der Waals surface area (Å²) in [4.78, 5) is 51.0. The molecule has 0 aromatic heterocycles. The average Bonchev–Trinajstić information content (AvgIpc) is 3.37. The van der Waals surface area contributed by atoms with Crippen molar-refractivity contribution < 1.29 is 58.2 Å². The Morgan fingerprint density at radius 3 is 1.21 bits per heavy atom. The van der Waals surface area contributed by atoms with Gasteiger partial charge in [0, 0.05) is 19.3 Å². The number of esters is 3. The number of carbonyl (C=O) groups excluding carboxylic acids is 3. The van der Waals surface area contributed by atoms with Crippen molar-refractivity contribution in [2.45, 2.75) is 327 Å². The van der Waals surface area contributed by atoms with Crippen LogP contribution in [0.25, 0.3) is 0 Å². The summed E-state index contributed by atoms with van der Waals surface area (Å²) in [5, 5.41) is 31.5. The Balaban J connectivity index is 2.63. The summed E-state index contributed by atoms with van der Waals surface area (Å²) in [5.74, 6) is -3.10. The van der Waals surface area contributed by atoms with Crippen molar-refractivity contribution in [2.75, 3.05) is 13.2 Å². The predicted molar refractivity (Wildman–Crippen MR) is 294 cm³/mol. The molecular weight excluding hydrogens is 925 g/mol. The SMILES string of the molecule is CCCC/C=C\CCCCCCCC(=O)OC(COC(=O)CCCCCCCCCCCCCCC)COC1OC(C(=O)O)C(O)C(O)C1OC(=O)CCCCCCCCCCC/C=C\CCCCCCCC. The van der Waals surface area contributed by atoms with Crippen LogP contribution >= 0.6 is 0 Å². The van der Waals surface area contributed by atoms with Gasteiger partial charge in [0.2, 0.25) is 0 Å². The average molecular weight is 1040 g/mol. The van der Waals surface area contributed by atoms with E-state index in [0.717, 1.165) is 89.9 Å². The predicted octanol–water partition coefficient (Wildman–Crippen LogP) is 15.5. The minimum atomic E-state index is -1.90. The summed E-state index contributed by atoms with van der Waals surface area (Å²) < 4.78 is 28.4. The van der Waals surface area contributed by atoms with E-state index >= 15 is 0 Å². The van der Waals surface area contributed by atoms with Crippen LogP contribution in [0.4, 0.5) is 0 Å². The number of allylic oxidation sites excluding steroid dienone is 4. The maximum absolute atomic E-state index is 13.1. The first-order chi connectivity index (χ1) is 35.6. The molecule has 0 spiro atoms. The fourth-order valence-electron chi connectivity index (χ4n) is 9.29. The Morgan fingerprint density at radius 2 is 0.795 bits per heavy atom. The van der Waals surface area contributed by atoms with Crippen LogP contribution in [0.15, 0.2) is 24.3 Å². The number of hydrogen-bond acceptors (Lipinski definition) is 11. The molecule has 6 unspecified atom stereocenters. The van der Waals surface area contributed by atoms with Gasteiger partial charge in [0.15, 0.2) is 24.6 Å². The third kappa shape index (κ3) is 40.2. The van der Waals surface area contributed by atoms with Crippen LogP contribution in [-0.2, 0) is 42.9 Å². The van der Waals surface area contributed by atoms with Gasteiger partial charge in [-0.1, -0.05) is 231 Å². The second-order valence-electron chi connectivity index (χ2n) is 21.0. The minimum Gasteiger partial charge on any atom is -0.479 e. The van der Waals surface area contributed by atoms with Crippen molar-refractivity contribution in [3.05, 3.63) is 24.3 Å². The van der Waals surface area contributed by atoms with Gasteiger partial charge in [-0.15, -0.1) is 0 Å². The largest absolute Gasteiger partial charge is 0.479 e. The lowest BCUT2D eigenvalue weighted by atomic mass is 9.98. The summed E-state index contributed by atoms with van der Waals surface area (Å²) in [6.45, 7) is 5.97. The monoisotopic (exact) mass is 1030 g/mol. The Labute approximate surface area is 445 Å². The van der Waals surface area contributed by atoms with Crippen LogP contribution in [-0.4, -0.2) is 89.2 Å². The van der Waals surface area contributed by atoms with E-state index in [1.807, 2.05) is 0 Å².